The van der Waals surface area contributed by atoms with Gasteiger partial charge in [0.1, 0.15) is 0 Å². The van der Waals surface area contributed by atoms with Crippen molar-refractivity contribution in [1.82, 2.24) is 0 Å². The second-order valence-corrected chi connectivity index (χ2v) is 3.02. The molecule has 2 atom stereocenters. The Morgan fingerprint density at radius 1 is 1.30 bits per heavy atom. The highest BCUT2D eigenvalue weighted by Crippen LogP contribution is 2.28. The van der Waals surface area contributed by atoms with Crippen molar-refractivity contribution >= 4 is 0 Å². The van der Waals surface area contributed by atoms with E-state index in [9.17, 15) is 0 Å². The summed E-state index contributed by atoms with van der Waals surface area (Å²) in [5.41, 5.74) is 5.50. The highest BCUT2D eigenvalue weighted by Gasteiger charge is 2.18. The van der Waals surface area contributed by atoms with Crippen LogP contribution in [0.4, 0.5) is 0 Å². The van der Waals surface area contributed by atoms with E-state index in [0.717, 1.165) is 18.4 Å². The van der Waals surface area contributed by atoms with Crippen molar-refractivity contribution in [3.63, 3.8) is 0 Å². The third kappa shape index (κ3) is 3.21. The summed E-state index contributed by atoms with van der Waals surface area (Å²) in [7, 11) is 0. The highest BCUT2D eigenvalue weighted by molar-refractivity contribution is 4.72. The lowest BCUT2D eigenvalue weighted by molar-refractivity contribution is 0.525. The van der Waals surface area contributed by atoms with Crippen molar-refractivity contribution in [2.45, 2.75) is 40.0 Å². The maximum Gasteiger partial charge on any atom is -0.00488 e. The molecule has 0 aromatic rings. The van der Waals surface area contributed by atoms with E-state index < -0.39 is 0 Å². The van der Waals surface area contributed by atoms with Crippen LogP contribution in [0.5, 0.6) is 0 Å². The Kier molecular flexibility index (Phi) is 5.70. The molecule has 0 aliphatic heterocycles. The summed E-state index contributed by atoms with van der Waals surface area (Å²) in [6.45, 7) is 7.22. The predicted octanol–water partition coefficient (Wildman–Crippen LogP) is 2.41. The molecule has 0 saturated heterocycles. The van der Waals surface area contributed by atoms with Gasteiger partial charge in [0.25, 0.3) is 0 Å². The number of rotatable bonds is 1. The molecule has 0 amide bonds. The van der Waals surface area contributed by atoms with Crippen molar-refractivity contribution in [3.8, 4) is 0 Å². The normalized spacial score (nSPS) is 31.2. The molecule has 0 aromatic carbocycles. The van der Waals surface area contributed by atoms with Gasteiger partial charge in [-0.3, -0.25) is 0 Å². The largest absolute Gasteiger partial charge is 0.330 e. The van der Waals surface area contributed by atoms with E-state index in [-0.39, 0.29) is 0 Å². The van der Waals surface area contributed by atoms with Crippen LogP contribution >= 0.6 is 0 Å². The first-order valence-electron chi connectivity index (χ1n) is 4.53. The lowest BCUT2D eigenvalue weighted by Crippen LogP contribution is -2.10. The molecule has 62 valence electrons. The molecule has 1 fully saturated rings. The van der Waals surface area contributed by atoms with Gasteiger partial charge >= 0.3 is 0 Å². The van der Waals surface area contributed by atoms with Gasteiger partial charge in [0.2, 0.25) is 0 Å². The smallest absolute Gasteiger partial charge is 0.00488 e. The molecular weight excluding hydrogens is 122 g/mol. The summed E-state index contributed by atoms with van der Waals surface area (Å²) < 4.78 is 0. The maximum absolute atomic E-state index is 5.50. The molecule has 1 aliphatic rings. The molecule has 0 bridgehead atoms. The minimum atomic E-state index is 0.852. The molecule has 0 radical (unpaired) electrons. The summed E-state index contributed by atoms with van der Waals surface area (Å²) in [6.07, 6.45) is 4.15. The van der Waals surface area contributed by atoms with Crippen LogP contribution in [0.1, 0.15) is 40.0 Å². The van der Waals surface area contributed by atoms with Crippen LogP contribution in [-0.4, -0.2) is 6.54 Å². The molecule has 1 rings (SSSR count). The van der Waals surface area contributed by atoms with E-state index >= 15 is 0 Å². The van der Waals surface area contributed by atoms with Crippen molar-refractivity contribution in [3.05, 3.63) is 0 Å². The van der Waals surface area contributed by atoms with Gasteiger partial charge in [0, 0.05) is 0 Å². The summed E-state index contributed by atoms with van der Waals surface area (Å²) in [5.74, 6) is 1.80. The Morgan fingerprint density at radius 3 is 2.10 bits per heavy atom. The van der Waals surface area contributed by atoms with E-state index in [2.05, 4.69) is 6.92 Å². The zero-order valence-electron chi connectivity index (χ0n) is 7.56. The molecule has 0 aromatic heterocycles. The Labute approximate surface area is 65.0 Å². The van der Waals surface area contributed by atoms with E-state index in [1.54, 1.807) is 0 Å². The lowest BCUT2D eigenvalue weighted by atomic mass is 10.1. The molecule has 1 saturated carbocycles. The van der Waals surface area contributed by atoms with Gasteiger partial charge in [-0.15, -0.1) is 0 Å². The average Bonchev–Trinajstić information content (AvgIpc) is 2.40. The first kappa shape index (κ1) is 9.96. The molecular formula is C9H21N. The van der Waals surface area contributed by atoms with Gasteiger partial charge in [-0.25, -0.2) is 0 Å². The van der Waals surface area contributed by atoms with Gasteiger partial charge in [-0.2, -0.15) is 0 Å². The number of hydrogen-bond acceptors (Lipinski definition) is 1. The quantitative estimate of drug-likeness (QED) is 0.599. The minimum Gasteiger partial charge on any atom is -0.330 e. The topological polar surface area (TPSA) is 26.0 Å². The Balaban J connectivity index is 0.000000371. The molecule has 2 unspecified atom stereocenters. The molecule has 1 nitrogen and oxygen atoms in total. The minimum absolute atomic E-state index is 0.852. The third-order valence-corrected chi connectivity index (χ3v) is 2.14. The highest BCUT2D eigenvalue weighted by atomic mass is 14.6. The fourth-order valence-corrected chi connectivity index (χ4v) is 1.54. The zero-order valence-corrected chi connectivity index (χ0v) is 7.56. The van der Waals surface area contributed by atoms with Gasteiger partial charge < -0.3 is 5.73 Å². The Morgan fingerprint density at radius 2 is 1.90 bits per heavy atom. The van der Waals surface area contributed by atoms with Crippen molar-refractivity contribution in [2.75, 3.05) is 6.54 Å². The molecule has 0 heterocycles. The second-order valence-electron chi connectivity index (χ2n) is 3.02. The summed E-state index contributed by atoms with van der Waals surface area (Å²) in [5, 5.41) is 0. The summed E-state index contributed by atoms with van der Waals surface area (Å²) in [4.78, 5) is 0. The van der Waals surface area contributed by atoms with Crippen LogP contribution in [0.3, 0.4) is 0 Å². The van der Waals surface area contributed by atoms with Crippen molar-refractivity contribution in [1.29, 1.82) is 0 Å². The summed E-state index contributed by atoms with van der Waals surface area (Å²) in [6, 6.07) is 0. The SMILES string of the molecule is CC.CC1CCC(CN)C1. The van der Waals surface area contributed by atoms with Crippen LogP contribution in [0.25, 0.3) is 0 Å². The molecule has 2 N–H and O–H groups in total. The number of nitrogens with two attached hydrogens (primary N) is 1. The van der Waals surface area contributed by atoms with Crippen LogP contribution in [0.15, 0.2) is 0 Å². The Bertz CT molecular complexity index is 71.1. The molecule has 10 heavy (non-hydrogen) atoms. The molecule has 1 aliphatic carbocycles. The van der Waals surface area contributed by atoms with E-state index in [0.29, 0.717) is 0 Å². The van der Waals surface area contributed by atoms with Crippen molar-refractivity contribution < 1.29 is 0 Å². The fraction of sp³-hybridized carbons (Fsp3) is 1.00. The first-order chi connectivity index (χ1) is 4.83. The van der Waals surface area contributed by atoms with Crippen LogP contribution < -0.4 is 5.73 Å². The monoisotopic (exact) mass is 143 g/mol. The molecule has 0 spiro atoms. The maximum atomic E-state index is 5.50. The lowest BCUT2D eigenvalue weighted by Gasteiger charge is -2.02. The third-order valence-electron chi connectivity index (χ3n) is 2.14. The van der Waals surface area contributed by atoms with Gasteiger partial charge in [-0.05, 0) is 31.2 Å². The van der Waals surface area contributed by atoms with Crippen LogP contribution in [-0.2, 0) is 0 Å². The van der Waals surface area contributed by atoms with E-state index in [4.69, 9.17) is 5.73 Å². The van der Waals surface area contributed by atoms with Gasteiger partial charge in [0.15, 0.2) is 0 Å². The zero-order chi connectivity index (χ0) is 7.98. The predicted molar refractivity (Wildman–Crippen MR) is 46.9 cm³/mol. The number of hydrogen-bond donors (Lipinski definition) is 1. The molecule has 1 heteroatoms. The van der Waals surface area contributed by atoms with E-state index in [1.807, 2.05) is 13.8 Å². The van der Waals surface area contributed by atoms with Crippen LogP contribution in [0.2, 0.25) is 0 Å². The van der Waals surface area contributed by atoms with Gasteiger partial charge in [0.05, 0.1) is 0 Å². The Hall–Kier alpha value is -0.0400. The van der Waals surface area contributed by atoms with Crippen LogP contribution in [0, 0.1) is 11.8 Å². The van der Waals surface area contributed by atoms with Crippen molar-refractivity contribution in [2.24, 2.45) is 17.6 Å². The summed E-state index contributed by atoms with van der Waals surface area (Å²) >= 11 is 0. The standard InChI is InChI=1S/C7H15N.C2H6/c1-6-2-3-7(4-6)5-8;1-2/h6-7H,2-5,8H2,1H3;1-2H3. The van der Waals surface area contributed by atoms with Gasteiger partial charge in [-0.1, -0.05) is 27.2 Å². The fourth-order valence-electron chi connectivity index (χ4n) is 1.54. The average molecular weight is 143 g/mol. The first-order valence-corrected chi connectivity index (χ1v) is 4.53. The van der Waals surface area contributed by atoms with E-state index in [1.165, 1.54) is 19.3 Å². The second kappa shape index (κ2) is 5.72.